The highest BCUT2D eigenvalue weighted by Gasteiger charge is 2.06. The number of nitrogens with zero attached hydrogens (tertiary/aromatic N) is 1. The van der Waals surface area contributed by atoms with Crippen LogP contribution >= 0.6 is 0 Å². The molecule has 0 unspecified atom stereocenters. The largest absolute Gasteiger partial charge is 0.457 e. The molecule has 0 spiro atoms. The molecule has 1 aromatic carbocycles. The first-order valence-corrected chi connectivity index (χ1v) is 7.59. The van der Waals surface area contributed by atoms with Crippen molar-refractivity contribution in [2.24, 2.45) is 5.92 Å². The van der Waals surface area contributed by atoms with E-state index in [1.54, 1.807) is 6.20 Å². The molecule has 0 aliphatic carbocycles. The minimum atomic E-state index is 0.632. The smallest absolute Gasteiger partial charge is 0.134 e. The number of pyridine rings is 1. The lowest BCUT2D eigenvalue weighted by Gasteiger charge is -2.13. The number of aryl methyl sites for hydroxylation is 1. The Balaban J connectivity index is 2.08. The van der Waals surface area contributed by atoms with Crippen LogP contribution in [0, 0.1) is 5.92 Å². The Morgan fingerprint density at radius 3 is 2.86 bits per heavy atom. The number of nitrogens with one attached hydrogen (secondary N) is 1. The molecule has 0 saturated heterocycles. The Kier molecular flexibility index (Phi) is 5.76. The van der Waals surface area contributed by atoms with Crippen LogP contribution in [0.5, 0.6) is 11.5 Å². The van der Waals surface area contributed by atoms with Crippen molar-refractivity contribution in [3.63, 3.8) is 0 Å². The number of hydrogen-bond donors (Lipinski definition) is 1. The third-order valence-electron chi connectivity index (χ3n) is 3.26. The van der Waals surface area contributed by atoms with Gasteiger partial charge in [0.15, 0.2) is 0 Å². The molecule has 0 saturated carbocycles. The maximum absolute atomic E-state index is 6.03. The van der Waals surface area contributed by atoms with E-state index >= 15 is 0 Å². The minimum Gasteiger partial charge on any atom is -0.457 e. The first kappa shape index (κ1) is 15.5. The minimum absolute atomic E-state index is 0.632. The van der Waals surface area contributed by atoms with Crippen LogP contribution in [0.1, 0.15) is 31.9 Å². The second kappa shape index (κ2) is 7.79. The number of rotatable bonds is 7. The zero-order valence-electron chi connectivity index (χ0n) is 13.1. The molecule has 0 bridgehead atoms. The lowest BCUT2D eigenvalue weighted by atomic mass is 10.1. The standard InChI is InChI=1S/C18H24N2O/c1-4-15-6-5-7-17(10-15)21-18-8-9-19-12-16(18)13-20-11-14(2)3/h5-10,12,14,20H,4,11,13H2,1-3H3. The van der Waals surface area contributed by atoms with Crippen molar-refractivity contribution >= 4 is 0 Å². The first-order valence-electron chi connectivity index (χ1n) is 7.59. The molecule has 3 heteroatoms. The summed E-state index contributed by atoms with van der Waals surface area (Å²) in [6, 6.07) is 10.2. The Labute approximate surface area is 127 Å². The quantitative estimate of drug-likeness (QED) is 0.828. The number of hydrogen-bond acceptors (Lipinski definition) is 3. The Morgan fingerprint density at radius 1 is 1.24 bits per heavy atom. The summed E-state index contributed by atoms with van der Waals surface area (Å²) in [7, 11) is 0. The average Bonchev–Trinajstić information content (AvgIpc) is 2.49. The van der Waals surface area contributed by atoms with E-state index in [0.717, 1.165) is 36.6 Å². The van der Waals surface area contributed by atoms with Gasteiger partial charge < -0.3 is 10.1 Å². The SMILES string of the molecule is CCc1cccc(Oc2ccncc2CNCC(C)C)c1. The number of ether oxygens (including phenoxy) is 1. The van der Waals surface area contributed by atoms with Crippen molar-refractivity contribution < 1.29 is 4.74 Å². The van der Waals surface area contributed by atoms with Gasteiger partial charge in [0, 0.05) is 24.5 Å². The lowest BCUT2D eigenvalue weighted by molar-refractivity contribution is 0.467. The normalized spacial score (nSPS) is 10.9. The van der Waals surface area contributed by atoms with Crippen molar-refractivity contribution in [2.45, 2.75) is 33.7 Å². The van der Waals surface area contributed by atoms with Crippen molar-refractivity contribution in [1.29, 1.82) is 0 Å². The van der Waals surface area contributed by atoms with Gasteiger partial charge in [0.2, 0.25) is 0 Å². The monoisotopic (exact) mass is 284 g/mol. The number of benzene rings is 1. The molecule has 0 atom stereocenters. The topological polar surface area (TPSA) is 34.1 Å². The van der Waals surface area contributed by atoms with E-state index in [1.165, 1.54) is 5.56 Å². The van der Waals surface area contributed by atoms with Gasteiger partial charge in [-0.15, -0.1) is 0 Å². The summed E-state index contributed by atoms with van der Waals surface area (Å²) in [6.45, 7) is 8.30. The molecule has 2 rings (SSSR count). The molecule has 1 N–H and O–H groups in total. The summed E-state index contributed by atoms with van der Waals surface area (Å²) in [6.07, 6.45) is 4.65. The fourth-order valence-corrected chi connectivity index (χ4v) is 2.10. The molecule has 21 heavy (non-hydrogen) atoms. The van der Waals surface area contributed by atoms with E-state index in [4.69, 9.17) is 4.74 Å². The van der Waals surface area contributed by atoms with Crippen molar-refractivity contribution in [1.82, 2.24) is 10.3 Å². The zero-order valence-corrected chi connectivity index (χ0v) is 13.1. The van der Waals surface area contributed by atoms with Crippen LogP contribution in [-0.2, 0) is 13.0 Å². The van der Waals surface area contributed by atoms with Crippen LogP contribution in [-0.4, -0.2) is 11.5 Å². The van der Waals surface area contributed by atoms with Gasteiger partial charge in [-0.25, -0.2) is 0 Å². The summed E-state index contributed by atoms with van der Waals surface area (Å²) in [5, 5.41) is 3.43. The molecule has 0 amide bonds. The Hall–Kier alpha value is -1.87. The molecular weight excluding hydrogens is 260 g/mol. The van der Waals surface area contributed by atoms with Crippen LogP contribution in [0.15, 0.2) is 42.7 Å². The highest BCUT2D eigenvalue weighted by atomic mass is 16.5. The van der Waals surface area contributed by atoms with Gasteiger partial charge in [-0.1, -0.05) is 32.9 Å². The molecule has 1 aromatic heterocycles. The van der Waals surface area contributed by atoms with Gasteiger partial charge in [-0.3, -0.25) is 4.98 Å². The highest BCUT2D eigenvalue weighted by molar-refractivity contribution is 5.37. The highest BCUT2D eigenvalue weighted by Crippen LogP contribution is 2.25. The Morgan fingerprint density at radius 2 is 2.10 bits per heavy atom. The predicted molar refractivity (Wildman–Crippen MR) is 86.7 cm³/mol. The summed E-state index contributed by atoms with van der Waals surface area (Å²) in [4.78, 5) is 4.20. The van der Waals surface area contributed by atoms with Gasteiger partial charge in [-0.2, -0.15) is 0 Å². The summed E-state index contributed by atoms with van der Waals surface area (Å²) >= 11 is 0. The Bertz CT molecular complexity index is 567. The van der Waals surface area contributed by atoms with Crippen LogP contribution < -0.4 is 10.1 Å². The van der Waals surface area contributed by atoms with Gasteiger partial charge in [0.25, 0.3) is 0 Å². The van der Waals surface area contributed by atoms with E-state index in [9.17, 15) is 0 Å². The van der Waals surface area contributed by atoms with Gasteiger partial charge in [-0.05, 0) is 42.6 Å². The van der Waals surface area contributed by atoms with Crippen LogP contribution in [0.3, 0.4) is 0 Å². The first-order chi connectivity index (χ1) is 10.2. The molecule has 1 heterocycles. The predicted octanol–water partition coefficient (Wildman–Crippen LogP) is 4.18. The van der Waals surface area contributed by atoms with E-state index in [0.29, 0.717) is 5.92 Å². The fraction of sp³-hybridized carbons (Fsp3) is 0.389. The van der Waals surface area contributed by atoms with Crippen LogP contribution in [0.4, 0.5) is 0 Å². The second-order valence-electron chi connectivity index (χ2n) is 5.61. The molecule has 2 aromatic rings. The number of aromatic nitrogens is 1. The van der Waals surface area contributed by atoms with E-state index < -0.39 is 0 Å². The second-order valence-corrected chi connectivity index (χ2v) is 5.61. The van der Waals surface area contributed by atoms with E-state index in [-0.39, 0.29) is 0 Å². The zero-order chi connectivity index (χ0) is 15.1. The third-order valence-corrected chi connectivity index (χ3v) is 3.26. The average molecular weight is 284 g/mol. The van der Waals surface area contributed by atoms with E-state index in [2.05, 4.69) is 43.2 Å². The maximum atomic E-state index is 6.03. The maximum Gasteiger partial charge on any atom is 0.134 e. The third kappa shape index (κ3) is 4.87. The molecule has 0 radical (unpaired) electrons. The molecule has 0 aliphatic rings. The van der Waals surface area contributed by atoms with Crippen molar-refractivity contribution in [3.05, 3.63) is 53.9 Å². The fourth-order valence-electron chi connectivity index (χ4n) is 2.10. The molecular formula is C18H24N2O. The molecule has 3 nitrogen and oxygen atoms in total. The van der Waals surface area contributed by atoms with Crippen LogP contribution in [0.25, 0.3) is 0 Å². The van der Waals surface area contributed by atoms with Crippen molar-refractivity contribution in [3.8, 4) is 11.5 Å². The van der Waals surface area contributed by atoms with E-state index in [1.807, 2.05) is 24.4 Å². The van der Waals surface area contributed by atoms with Gasteiger partial charge in [0.05, 0.1) is 0 Å². The molecule has 0 fully saturated rings. The molecule has 112 valence electrons. The molecule has 0 aliphatic heterocycles. The summed E-state index contributed by atoms with van der Waals surface area (Å²) in [5.41, 5.74) is 2.36. The summed E-state index contributed by atoms with van der Waals surface area (Å²) in [5.74, 6) is 2.38. The van der Waals surface area contributed by atoms with Crippen LogP contribution in [0.2, 0.25) is 0 Å². The van der Waals surface area contributed by atoms with Gasteiger partial charge >= 0.3 is 0 Å². The lowest BCUT2D eigenvalue weighted by Crippen LogP contribution is -2.19. The summed E-state index contributed by atoms with van der Waals surface area (Å²) < 4.78 is 6.03. The van der Waals surface area contributed by atoms with Crippen molar-refractivity contribution in [2.75, 3.05) is 6.54 Å². The van der Waals surface area contributed by atoms with Gasteiger partial charge in [0.1, 0.15) is 11.5 Å².